The van der Waals surface area contributed by atoms with Crippen molar-refractivity contribution in [1.82, 2.24) is 24.4 Å². The summed E-state index contributed by atoms with van der Waals surface area (Å²) in [5.41, 5.74) is 9.24. The average molecular weight is 347 g/mol. The van der Waals surface area contributed by atoms with Crippen LogP contribution in [0.5, 0.6) is 0 Å². The molecule has 1 aromatic carbocycles. The van der Waals surface area contributed by atoms with E-state index >= 15 is 0 Å². The lowest BCUT2D eigenvalue weighted by atomic mass is 10.2. The molecule has 0 bridgehead atoms. The topological polar surface area (TPSA) is 103 Å². The number of anilines is 2. The Morgan fingerprint density at radius 2 is 2.04 bits per heavy atom. The van der Waals surface area contributed by atoms with E-state index < -0.39 is 0 Å². The second-order valence-corrected chi connectivity index (χ2v) is 6.05. The first-order chi connectivity index (χ1) is 12.5. The van der Waals surface area contributed by atoms with E-state index in [2.05, 4.69) is 20.5 Å². The Morgan fingerprint density at radius 1 is 1.19 bits per heavy atom. The Kier molecular flexibility index (Phi) is 3.65. The van der Waals surface area contributed by atoms with Crippen LogP contribution in [0.15, 0.2) is 48.8 Å². The maximum atomic E-state index is 12.8. The molecule has 1 amide bonds. The van der Waals surface area contributed by atoms with Crippen LogP contribution in [0, 0.1) is 13.8 Å². The summed E-state index contributed by atoms with van der Waals surface area (Å²) in [4.78, 5) is 17.0. The highest BCUT2D eigenvalue weighted by molar-refractivity contribution is 6.08. The van der Waals surface area contributed by atoms with Crippen LogP contribution in [-0.4, -0.2) is 30.3 Å². The fourth-order valence-corrected chi connectivity index (χ4v) is 2.77. The number of aryl methyl sites for hydroxylation is 2. The molecule has 3 heterocycles. The van der Waals surface area contributed by atoms with Gasteiger partial charge in [-0.15, -0.1) is 0 Å². The Hall–Kier alpha value is -3.68. The molecule has 0 aliphatic carbocycles. The number of amides is 1. The second-order valence-electron chi connectivity index (χ2n) is 6.05. The maximum Gasteiger partial charge on any atom is 0.262 e. The average Bonchev–Trinajstić information content (AvgIpc) is 3.17. The van der Waals surface area contributed by atoms with Crippen molar-refractivity contribution in [2.24, 2.45) is 0 Å². The number of carbonyl (C=O) groups is 1. The molecule has 0 aliphatic heterocycles. The predicted molar refractivity (Wildman–Crippen MR) is 98.4 cm³/mol. The van der Waals surface area contributed by atoms with Gasteiger partial charge in [-0.2, -0.15) is 10.2 Å². The van der Waals surface area contributed by atoms with Gasteiger partial charge in [0.15, 0.2) is 5.65 Å². The van der Waals surface area contributed by atoms with Crippen molar-refractivity contribution in [3.8, 4) is 5.69 Å². The molecule has 0 saturated carbocycles. The van der Waals surface area contributed by atoms with E-state index in [-0.39, 0.29) is 5.91 Å². The zero-order chi connectivity index (χ0) is 18.3. The number of nitrogens with two attached hydrogens (primary N) is 1. The third kappa shape index (κ3) is 2.77. The molecule has 26 heavy (non-hydrogen) atoms. The number of nitrogens with one attached hydrogen (secondary N) is 1. The molecule has 4 rings (SSSR count). The first kappa shape index (κ1) is 15.8. The fraction of sp³-hybridized carbons (Fsp3) is 0.111. The number of aromatic nitrogens is 5. The molecule has 3 N–H and O–H groups in total. The SMILES string of the molecule is Cc1cccc(-n2nc(C)cc2NC(=O)c2cnn3ccc(N)nc23)c1. The lowest BCUT2D eigenvalue weighted by Crippen LogP contribution is -2.15. The smallest absolute Gasteiger partial charge is 0.262 e. The van der Waals surface area contributed by atoms with Gasteiger partial charge in [-0.25, -0.2) is 14.2 Å². The summed E-state index contributed by atoms with van der Waals surface area (Å²) in [6, 6.07) is 11.3. The lowest BCUT2D eigenvalue weighted by Gasteiger charge is -2.09. The number of hydrogen-bond donors (Lipinski definition) is 2. The van der Waals surface area contributed by atoms with Crippen molar-refractivity contribution in [3.63, 3.8) is 0 Å². The van der Waals surface area contributed by atoms with Gasteiger partial charge in [-0.3, -0.25) is 4.79 Å². The van der Waals surface area contributed by atoms with E-state index in [9.17, 15) is 4.79 Å². The highest BCUT2D eigenvalue weighted by Gasteiger charge is 2.17. The van der Waals surface area contributed by atoms with E-state index in [0.717, 1.165) is 16.9 Å². The molecule has 0 saturated heterocycles. The summed E-state index contributed by atoms with van der Waals surface area (Å²) in [5.74, 6) is 0.570. The van der Waals surface area contributed by atoms with Gasteiger partial charge in [0.1, 0.15) is 17.2 Å². The predicted octanol–water partition coefficient (Wildman–Crippen LogP) is 2.37. The van der Waals surface area contributed by atoms with Gasteiger partial charge in [0.25, 0.3) is 5.91 Å². The molecule has 0 unspecified atom stereocenters. The van der Waals surface area contributed by atoms with Crippen LogP contribution >= 0.6 is 0 Å². The minimum atomic E-state index is -0.327. The number of benzene rings is 1. The molecular weight excluding hydrogens is 330 g/mol. The minimum absolute atomic E-state index is 0.327. The summed E-state index contributed by atoms with van der Waals surface area (Å²) in [6.45, 7) is 3.88. The van der Waals surface area contributed by atoms with Crippen LogP contribution in [0.1, 0.15) is 21.6 Å². The standard InChI is InChI=1S/C18H17N7O/c1-11-4-3-5-13(8-11)25-16(9-12(2)23-25)22-18(26)14-10-20-24-7-6-15(19)21-17(14)24/h3-10H,1-2H3,(H2,19,21)(H,22,26). The third-order valence-corrected chi connectivity index (χ3v) is 3.95. The monoisotopic (exact) mass is 347 g/mol. The van der Waals surface area contributed by atoms with E-state index in [1.54, 1.807) is 16.9 Å². The van der Waals surface area contributed by atoms with Crippen molar-refractivity contribution in [3.05, 3.63) is 65.6 Å². The number of nitrogens with zero attached hydrogens (tertiary/aromatic N) is 5. The van der Waals surface area contributed by atoms with Gasteiger partial charge in [-0.05, 0) is 37.6 Å². The van der Waals surface area contributed by atoms with Gasteiger partial charge >= 0.3 is 0 Å². The van der Waals surface area contributed by atoms with E-state index in [0.29, 0.717) is 22.8 Å². The van der Waals surface area contributed by atoms with Crippen LogP contribution in [0.4, 0.5) is 11.6 Å². The van der Waals surface area contributed by atoms with Crippen LogP contribution in [0.25, 0.3) is 11.3 Å². The van der Waals surface area contributed by atoms with Gasteiger partial charge in [0, 0.05) is 12.3 Å². The number of fused-ring (bicyclic) bond motifs is 1. The molecule has 3 aromatic heterocycles. The van der Waals surface area contributed by atoms with Gasteiger partial charge < -0.3 is 11.1 Å². The molecule has 0 fully saturated rings. The quantitative estimate of drug-likeness (QED) is 0.592. The normalized spacial score (nSPS) is 11.0. The zero-order valence-electron chi connectivity index (χ0n) is 14.3. The van der Waals surface area contributed by atoms with Crippen LogP contribution < -0.4 is 11.1 Å². The molecule has 0 atom stereocenters. The second kappa shape index (κ2) is 5.99. The van der Waals surface area contributed by atoms with Gasteiger partial charge in [0.2, 0.25) is 0 Å². The zero-order valence-corrected chi connectivity index (χ0v) is 14.3. The highest BCUT2D eigenvalue weighted by atomic mass is 16.1. The van der Waals surface area contributed by atoms with Gasteiger partial charge in [-0.1, -0.05) is 12.1 Å². The molecule has 4 aromatic rings. The summed E-state index contributed by atoms with van der Waals surface area (Å²) in [7, 11) is 0. The van der Waals surface area contributed by atoms with Crippen LogP contribution in [0.2, 0.25) is 0 Å². The molecule has 130 valence electrons. The Labute approximate surface area is 149 Å². The molecule has 0 aliphatic rings. The molecule has 0 spiro atoms. The van der Waals surface area contributed by atoms with Gasteiger partial charge in [0.05, 0.1) is 17.6 Å². The molecule has 0 radical (unpaired) electrons. The van der Waals surface area contributed by atoms with E-state index in [4.69, 9.17) is 5.73 Å². The van der Waals surface area contributed by atoms with E-state index in [1.165, 1.54) is 10.7 Å². The summed E-state index contributed by atoms with van der Waals surface area (Å²) < 4.78 is 3.21. The van der Waals surface area contributed by atoms with Crippen molar-refractivity contribution in [2.45, 2.75) is 13.8 Å². The van der Waals surface area contributed by atoms with Crippen molar-refractivity contribution >= 4 is 23.2 Å². The summed E-state index contributed by atoms with van der Waals surface area (Å²) in [6.07, 6.45) is 3.13. The van der Waals surface area contributed by atoms with Crippen molar-refractivity contribution in [1.29, 1.82) is 0 Å². The number of hydrogen-bond acceptors (Lipinski definition) is 5. The van der Waals surface area contributed by atoms with Crippen molar-refractivity contribution < 1.29 is 4.79 Å². The third-order valence-electron chi connectivity index (χ3n) is 3.95. The first-order valence-electron chi connectivity index (χ1n) is 8.06. The van der Waals surface area contributed by atoms with Crippen LogP contribution in [0.3, 0.4) is 0 Å². The number of carbonyl (C=O) groups excluding carboxylic acids is 1. The van der Waals surface area contributed by atoms with Crippen LogP contribution in [-0.2, 0) is 0 Å². The largest absolute Gasteiger partial charge is 0.384 e. The summed E-state index contributed by atoms with van der Waals surface area (Å²) >= 11 is 0. The number of nitrogen functional groups attached to an aromatic ring is 1. The maximum absolute atomic E-state index is 12.8. The lowest BCUT2D eigenvalue weighted by molar-refractivity contribution is 0.102. The molecule has 8 nitrogen and oxygen atoms in total. The summed E-state index contributed by atoms with van der Waals surface area (Å²) in [5, 5.41) is 11.5. The minimum Gasteiger partial charge on any atom is -0.384 e. The first-order valence-corrected chi connectivity index (χ1v) is 8.06. The fourth-order valence-electron chi connectivity index (χ4n) is 2.77. The molecular formula is C18H17N7O. The number of rotatable bonds is 3. The Morgan fingerprint density at radius 3 is 2.85 bits per heavy atom. The Bertz CT molecular complexity index is 1130. The van der Waals surface area contributed by atoms with Crippen molar-refractivity contribution in [2.75, 3.05) is 11.1 Å². The van der Waals surface area contributed by atoms with E-state index in [1.807, 2.05) is 44.2 Å². The molecule has 8 heteroatoms. The highest BCUT2D eigenvalue weighted by Crippen LogP contribution is 2.20. The Balaban J connectivity index is 1.71.